The number of hydrogen-bond acceptors (Lipinski definition) is 1. The molecule has 0 aliphatic heterocycles. The Bertz CT molecular complexity index is 236. The Morgan fingerprint density at radius 1 is 1.00 bits per heavy atom. The Labute approximate surface area is 106 Å². The number of aliphatic hydroxyl groups is 1. The van der Waals surface area contributed by atoms with Crippen LogP contribution in [0.2, 0.25) is 0 Å². The Balaban J connectivity index is 1.81. The van der Waals surface area contributed by atoms with Crippen LogP contribution in [0.1, 0.15) is 77.0 Å². The fourth-order valence-electron chi connectivity index (χ4n) is 3.41. The van der Waals surface area contributed by atoms with E-state index in [4.69, 9.17) is 0 Å². The van der Waals surface area contributed by atoms with Crippen molar-refractivity contribution < 1.29 is 5.11 Å². The maximum absolute atomic E-state index is 10.4. The van der Waals surface area contributed by atoms with E-state index in [1.807, 2.05) is 0 Å². The van der Waals surface area contributed by atoms with E-state index < -0.39 is 0 Å². The lowest BCUT2D eigenvalue weighted by Crippen LogP contribution is -2.16. The van der Waals surface area contributed by atoms with E-state index in [9.17, 15) is 5.11 Å². The van der Waals surface area contributed by atoms with Crippen molar-refractivity contribution in [3.8, 4) is 0 Å². The van der Waals surface area contributed by atoms with Crippen LogP contribution in [-0.4, -0.2) is 11.2 Å². The summed E-state index contributed by atoms with van der Waals surface area (Å²) in [5.41, 5.74) is 1.35. The Hall–Kier alpha value is -0.300. The summed E-state index contributed by atoms with van der Waals surface area (Å²) in [5.74, 6) is 0.789. The molecule has 1 heteroatoms. The summed E-state index contributed by atoms with van der Waals surface area (Å²) in [7, 11) is 0. The molecular formula is C16H28O. The van der Waals surface area contributed by atoms with E-state index in [-0.39, 0.29) is 6.10 Å². The summed E-state index contributed by atoms with van der Waals surface area (Å²) in [6.45, 7) is 0. The Morgan fingerprint density at radius 3 is 2.47 bits per heavy atom. The van der Waals surface area contributed by atoms with Gasteiger partial charge < -0.3 is 5.11 Å². The largest absolute Gasteiger partial charge is 0.389 e. The first-order chi connectivity index (χ1) is 8.36. The molecule has 0 radical (unpaired) electrons. The summed E-state index contributed by atoms with van der Waals surface area (Å²) >= 11 is 0. The number of aliphatic hydroxyl groups excluding tert-OH is 1. The van der Waals surface area contributed by atoms with Crippen LogP contribution in [-0.2, 0) is 0 Å². The molecule has 1 unspecified atom stereocenters. The van der Waals surface area contributed by atoms with E-state index in [0.29, 0.717) is 0 Å². The van der Waals surface area contributed by atoms with Crippen LogP contribution in [0.15, 0.2) is 11.6 Å². The smallest absolute Gasteiger partial charge is 0.0752 e. The summed E-state index contributed by atoms with van der Waals surface area (Å²) in [4.78, 5) is 0. The minimum atomic E-state index is -0.129. The van der Waals surface area contributed by atoms with Gasteiger partial charge in [0.1, 0.15) is 0 Å². The highest BCUT2D eigenvalue weighted by Gasteiger charge is 2.19. The molecule has 0 saturated heterocycles. The standard InChI is InChI=1S/C16H28O/c17-16(15-11-7-3-4-8-12-15)13-14-9-5-1-2-6-10-14/h11,14,16-17H,1-10,12-13H2. The molecule has 2 rings (SSSR count). The van der Waals surface area contributed by atoms with Crippen LogP contribution < -0.4 is 0 Å². The van der Waals surface area contributed by atoms with E-state index in [1.165, 1.54) is 69.8 Å². The van der Waals surface area contributed by atoms with Crippen molar-refractivity contribution in [2.45, 2.75) is 83.2 Å². The molecule has 1 nitrogen and oxygen atoms in total. The highest BCUT2D eigenvalue weighted by Crippen LogP contribution is 2.30. The highest BCUT2D eigenvalue weighted by molar-refractivity contribution is 5.09. The van der Waals surface area contributed by atoms with Gasteiger partial charge in [-0.2, -0.15) is 0 Å². The van der Waals surface area contributed by atoms with Gasteiger partial charge in [0.05, 0.1) is 6.10 Å². The second-order valence-corrected chi connectivity index (χ2v) is 5.99. The molecule has 0 amide bonds. The second-order valence-electron chi connectivity index (χ2n) is 5.99. The van der Waals surface area contributed by atoms with Gasteiger partial charge in [0.2, 0.25) is 0 Å². The number of allylic oxidation sites excluding steroid dienone is 1. The lowest BCUT2D eigenvalue weighted by atomic mass is 9.89. The maximum Gasteiger partial charge on any atom is 0.0752 e. The van der Waals surface area contributed by atoms with Crippen molar-refractivity contribution in [3.05, 3.63) is 11.6 Å². The summed E-state index contributed by atoms with van der Waals surface area (Å²) in [6, 6.07) is 0. The van der Waals surface area contributed by atoms with Gasteiger partial charge in [0.25, 0.3) is 0 Å². The first-order valence-corrected chi connectivity index (χ1v) is 7.73. The highest BCUT2D eigenvalue weighted by atomic mass is 16.3. The molecular weight excluding hydrogens is 208 g/mol. The first kappa shape index (κ1) is 13.1. The van der Waals surface area contributed by atoms with Crippen LogP contribution >= 0.6 is 0 Å². The van der Waals surface area contributed by atoms with Gasteiger partial charge in [-0.3, -0.25) is 0 Å². The molecule has 0 aromatic heterocycles. The predicted octanol–water partition coefficient (Wildman–Crippen LogP) is 4.60. The van der Waals surface area contributed by atoms with Crippen molar-refractivity contribution in [1.29, 1.82) is 0 Å². The molecule has 17 heavy (non-hydrogen) atoms. The molecule has 1 N–H and O–H groups in total. The van der Waals surface area contributed by atoms with Crippen molar-refractivity contribution in [3.63, 3.8) is 0 Å². The third-order valence-corrected chi connectivity index (χ3v) is 4.54. The normalized spacial score (nSPS) is 25.8. The van der Waals surface area contributed by atoms with Gasteiger partial charge in [0, 0.05) is 0 Å². The average molecular weight is 236 g/mol. The lowest BCUT2D eigenvalue weighted by molar-refractivity contribution is 0.165. The van der Waals surface area contributed by atoms with Gasteiger partial charge in [0.15, 0.2) is 0 Å². The molecule has 0 aromatic rings. The third-order valence-electron chi connectivity index (χ3n) is 4.54. The summed E-state index contributed by atoms with van der Waals surface area (Å²) in [6.07, 6.45) is 17.8. The van der Waals surface area contributed by atoms with E-state index >= 15 is 0 Å². The fourth-order valence-corrected chi connectivity index (χ4v) is 3.41. The maximum atomic E-state index is 10.4. The van der Waals surface area contributed by atoms with Gasteiger partial charge in [-0.15, -0.1) is 0 Å². The monoisotopic (exact) mass is 236 g/mol. The van der Waals surface area contributed by atoms with Crippen molar-refractivity contribution in [2.24, 2.45) is 5.92 Å². The molecule has 1 saturated carbocycles. The zero-order valence-electron chi connectivity index (χ0n) is 11.2. The minimum Gasteiger partial charge on any atom is -0.389 e. The molecule has 2 aliphatic carbocycles. The minimum absolute atomic E-state index is 0.129. The predicted molar refractivity (Wildman–Crippen MR) is 73.0 cm³/mol. The first-order valence-electron chi connectivity index (χ1n) is 7.73. The summed E-state index contributed by atoms with van der Waals surface area (Å²) < 4.78 is 0. The molecule has 0 bridgehead atoms. The van der Waals surface area contributed by atoms with Gasteiger partial charge >= 0.3 is 0 Å². The van der Waals surface area contributed by atoms with Crippen molar-refractivity contribution >= 4 is 0 Å². The Kier molecular flexibility index (Phi) is 5.57. The number of hydrogen-bond donors (Lipinski definition) is 1. The van der Waals surface area contributed by atoms with Crippen molar-refractivity contribution in [1.82, 2.24) is 0 Å². The van der Waals surface area contributed by atoms with E-state index in [0.717, 1.165) is 18.8 Å². The molecule has 2 aliphatic rings. The zero-order chi connectivity index (χ0) is 11.9. The molecule has 0 aromatic carbocycles. The van der Waals surface area contributed by atoms with Crippen LogP contribution in [0, 0.1) is 5.92 Å². The van der Waals surface area contributed by atoms with Crippen LogP contribution in [0.4, 0.5) is 0 Å². The quantitative estimate of drug-likeness (QED) is 0.561. The topological polar surface area (TPSA) is 20.2 Å². The number of rotatable bonds is 3. The summed E-state index contributed by atoms with van der Waals surface area (Å²) in [5, 5.41) is 10.4. The van der Waals surface area contributed by atoms with Gasteiger partial charge in [-0.1, -0.05) is 51.0 Å². The van der Waals surface area contributed by atoms with Gasteiger partial charge in [-0.25, -0.2) is 0 Å². The van der Waals surface area contributed by atoms with Crippen LogP contribution in [0.5, 0.6) is 0 Å². The van der Waals surface area contributed by atoms with Gasteiger partial charge in [-0.05, 0) is 43.6 Å². The molecule has 1 atom stereocenters. The second kappa shape index (κ2) is 7.20. The van der Waals surface area contributed by atoms with E-state index in [1.54, 1.807) is 0 Å². The van der Waals surface area contributed by atoms with E-state index in [2.05, 4.69) is 6.08 Å². The lowest BCUT2D eigenvalue weighted by Gasteiger charge is -2.20. The average Bonchev–Trinajstić information content (AvgIpc) is 2.72. The van der Waals surface area contributed by atoms with Crippen LogP contribution in [0.25, 0.3) is 0 Å². The van der Waals surface area contributed by atoms with Crippen LogP contribution in [0.3, 0.4) is 0 Å². The van der Waals surface area contributed by atoms with Crippen molar-refractivity contribution in [2.75, 3.05) is 0 Å². The molecule has 1 fully saturated rings. The third kappa shape index (κ3) is 4.46. The Morgan fingerprint density at radius 2 is 1.71 bits per heavy atom. The molecule has 0 spiro atoms. The SMILES string of the molecule is OC(CC1CCCCCC1)C1=CCCCCC1. The molecule has 98 valence electrons. The zero-order valence-corrected chi connectivity index (χ0v) is 11.2. The molecule has 0 heterocycles. The fraction of sp³-hybridized carbons (Fsp3) is 0.875.